The highest BCUT2D eigenvalue weighted by molar-refractivity contribution is 7.90. The number of ether oxygens (including phenoxy) is 2. The fourth-order valence-corrected chi connectivity index (χ4v) is 12.7. The first-order chi connectivity index (χ1) is 32.1. The number of hydrogen-bond acceptors (Lipinski definition) is 12. The average Bonchev–Trinajstić information content (AvgIpc) is 3.97. The Morgan fingerprint density at radius 3 is 2.51 bits per heavy atom. The highest BCUT2D eigenvalue weighted by Crippen LogP contribution is 2.49. The third kappa shape index (κ3) is 8.83. The lowest BCUT2D eigenvalue weighted by atomic mass is 9.70. The van der Waals surface area contributed by atoms with Crippen LogP contribution in [0.15, 0.2) is 77.8 Å². The van der Waals surface area contributed by atoms with Gasteiger partial charge in [0.05, 0.1) is 32.7 Å². The number of amides is 1. The van der Waals surface area contributed by atoms with Crippen LogP contribution in [0.2, 0.25) is 0 Å². The van der Waals surface area contributed by atoms with E-state index in [1.165, 1.54) is 36.5 Å². The molecule has 2 saturated heterocycles. The van der Waals surface area contributed by atoms with Crippen LogP contribution in [0.5, 0.6) is 17.2 Å². The van der Waals surface area contributed by atoms with Crippen molar-refractivity contribution in [3.63, 3.8) is 0 Å². The predicted molar refractivity (Wildman–Crippen MR) is 257 cm³/mol. The van der Waals surface area contributed by atoms with Crippen molar-refractivity contribution in [2.24, 2.45) is 11.3 Å². The second kappa shape index (κ2) is 17.4. The number of rotatable bonds is 11. The molecule has 67 heavy (non-hydrogen) atoms. The second-order valence-electron chi connectivity index (χ2n) is 20.5. The van der Waals surface area contributed by atoms with Crippen molar-refractivity contribution in [2.75, 3.05) is 43.0 Å². The summed E-state index contributed by atoms with van der Waals surface area (Å²) in [6.07, 6.45) is 10.2. The Labute approximate surface area is 391 Å². The van der Waals surface area contributed by atoms with E-state index in [0.29, 0.717) is 60.7 Å². The number of aromatic nitrogens is 2. The van der Waals surface area contributed by atoms with Gasteiger partial charge in [0.15, 0.2) is 11.4 Å². The maximum Gasteiger partial charge on any atom is 0.297 e. The van der Waals surface area contributed by atoms with Crippen LogP contribution >= 0.6 is 0 Å². The number of fused-ring (bicyclic) bond motifs is 2. The van der Waals surface area contributed by atoms with Crippen LogP contribution in [-0.4, -0.2) is 89.7 Å². The first-order valence-corrected chi connectivity index (χ1v) is 25.4. The lowest BCUT2D eigenvalue weighted by molar-refractivity contribution is -0.384. The number of pyridine rings is 1. The van der Waals surface area contributed by atoms with Gasteiger partial charge in [-0.25, -0.2) is 18.1 Å². The van der Waals surface area contributed by atoms with Gasteiger partial charge in [-0.15, -0.1) is 0 Å². The Morgan fingerprint density at radius 2 is 1.76 bits per heavy atom. The lowest BCUT2D eigenvalue weighted by Gasteiger charge is -2.57. The summed E-state index contributed by atoms with van der Waals surface area (Å²) in [4.78, 5) is 38.2. The van der Waals surface area contributed by atoms with E-state index in [-0.39, 0.29) is 46.7 Å². The summed E-state index contributed by atoms with van der Waals surface area (Å²) in [5.41, 5.74) is 4.18. The molecular weight excluding hydrogens is 871 g/mol. The van der Waals surface area contributed by atoms with Crippen molar-refractivity contribution in [1.29, 1.82) is 0 Å². The van der Waals surface area contributed by atoms with Crippen molar-refractivity contribution in [1.82, 2.24) is 19.6 Å². The van der Waals surface area contributed by atoms with Crippen LogP contribution in [-0.2, 0) is 10.0 Å². The van der Waals surface area contributed by atoms with Gasteiger partial charge in [0, 0.05) is 67.7 Å². The van der Waals surface area contributed by atoms with E-state index < -0.39 is 37.0 Å². The number of benzene rings is 3. The fourth-order valence-electron chi connectivity index (χ4n) is 11.7. The van der Waals surface area contributed by atoms with Gasteiger partial charge in [-0.05, 0) is 124 Å². The molecule has 5 heterocycles. The molecule has 2 aromatic heterocycles. The first kappa shape index (κ1) is 45.1. The zero-order valence-electron chi connectivity index (χ0n) is 38.7. The highest BCUT2D eigenvalue weighted by atomic mass is 32.2. The SMILES string of the molecule is Cc1nc2[nH]ccc2cc1Oc1cc(N2CCC3(CC2)CN([C@@H]2CCC[C@@H]2c2ccccc2C(C)C)C3)ccc1C(=O)NS(=O)(=O)c1cc2c(c([N+](=O)[O-])c1)N[C@@H]([C@H]1CC[C@](C)(O)CC1)CO2. The Bertz CT molecular complexity index is 2820. The maximum atomic E-state index is 14.2. The smallest absolute Gasteiger partial charge is 0.297 e. The minimum Gasteiger partial charge on any atom is -0.489 e. The Balaban J connectivity index is 0.866. The molecule has 16 heteroatoms. The number of anilines is 2. The number of aromatic amines is 1. The second-order valence-corrected chi connectivity index (χ2v) is 22.1. The van der Waals surface area contributed by atoms with Crippen molar-refractivity contribution < 1.29 is 32.7 Å². The highest BCUT2D eigenvalue weighted by Gasteiger charge is 2.49. The van der Waals surface area contributed by atoms with E-state index in [2.05, 4.69) is 67.9 Å². The maximum absolute atomic E-state index is 14.2. The normalized spacial score (nSPS) is 25.0. The van der Waals surface area contributed by atoms with Gasteiger partial charge in [0.1, 0.15) is 23.8 Å². The quantitative estimate of drug-likeness (QED) is 0.0727. The summed E-state index contributed by atoms with van der Waals surface area (Å²) < 4.78 is 42.7. The summed E-state index contributed by atoms with van der Waals surface area (Å²) in [6.45, 7) is 12.2. The van der Waals surface area contributed by atoms with Gasteiger partial charge in [-0.2, -0.15) is 0 Å². The van der Waals surface area contributed by atoms with Gasteiger partial charge in [-0.3, -0.25) is 19.8 Å². The molecule has 354 valence electrons. The number of carbonyl (C=O) groups is 1. The van der Waals surface area contributed by atoms with Gasteiger partial charge >= 0.3 is 0 Å². The van der Waals surface area contributed by atoms with Gasteiger partial charge in [-0.1, -0.05) is 44.5 Å². The van der Waals surface area contributed by atoms with Crippen LogP contribution in [0, 0.1) is 28.4 Å². The van der Waals surface area contributed by atoms with Crippen molar-refractivity contribution in [2.45, 2.75) is 120 Å². The monoisotopic (exact) mass is 931 g/mol. The summed E-state index contributed by atoms with van der Waals surface area (Å²) in [6, 6.07) is 20.4. The summed E-state index contributed by atoms with van der Waals surface area (Å²) in [5, 5.41) is 26.9. The molecule has 5 aromatic rings. The van der Waals surface area contributed by atoms with Gasteiger partial charge in [0.25, 0.3) is 21.6 Å². The zero-order chi connectivity index (χ0) is 46.8. The number of piperidine rings is 1. The molecule has 3 aliphatic heterocycles. The Hall–Kier alpha value is -5.71. The van der Waals surface area contributed by atoms with Crippen LogP contribution in [0.3, 0.4) is 0 Å². The fraction of sp³-hybridized carbons (Fsp3) is 0.490. The van der Waals surface area contributed by atoms with E-state index in [4.69, 9.17) is 9.47 Å². The number of hydrogen-bond donors (Lipinski definition) is 4. The molecule has 4 N–H and O–H groups in total. The molecule has 5 aliphatic rings. The number of likely N-dealkylation sites (tertiary alicyclic amines) is 1. The summed E-state index contributed by atoms with van der Waals surface area (Å²) in [5.74, 6) is 0.769. The Kier molecular flexibility index (Phi) is 11.7. The molecule has 10 rings (SSSR count). The van der Waals surface area contributed by atoms with Crippen LogP contribution in [0.1, 0.15) is 118 Å². The standard InChI is InChI=1S/C51H61N7O8S/c1-31(2)37-8-5-6-9-38(37)39-10-7-11-42(39)57-29-51(30-57)19-22-56(23-20-51)35-12-13-40(45(25-35)66-44-24-34-16-21-52-48(34)53-32(44)3)49(59)55-67(63,64)36-26-43(58(61)62)47-46(27-36)65-28-41(54-47)33-14-17-50(4,60)18-15-33/h5-6,8-9,12-13,16,21,24-27,31,33,39,41-42,54,60H,7,10-11,14-15,17-20,22-23,28-30H2,1-4H3,(H,52,53)(H,55,59)/t33-,39-,41-,42-,50-/m1/s1. The molecule has 0 bridgehead atoms. The molecule has 15 nitrogen and oxygen atoms in total. The van der Waals surface area contributed by atoms with Crippen LogP contribution in [0.4, 0.5) is 17.1 Å². The molecule has 0 radical (unpaired) electrons. The van der Waals surface area contributed by atoms with Crippen LogP contribution in [0.25, 0.3) is 11.0 Å². The summed E-state index contributed by atoms with van der Waals surface area (Å²) >= 11 is 0. The first-order valence-electron chi connectivity index (χ1n) is 23.9. The molecular formula is C51H61N7O8S. The minimum absolute atomic E-state index is 0.00523. The van der Waals surface area contributed by atoms with E-state index >= 15 is 0 Å². The van der Waals surface area contributed by atoms with Crippen molar-refractivity contribution in [3.05, 3.63) is 105 Å². The number of aryl methyl sites for hydroxylation is 1. The number of sulfonamides is 1. The number of nitrogens with zero attached hydrogens (tertiary/aromatic N) is 4. The van der Waals surface area contributed by atoms with Gasteiger partial charge in [0.2, 0.25) is 0 Å². The molecule has 1 spiro atoms. The Morgan fingerprint density at radius 1 is 1.00 bits per heavy atom. The number of carbonyl (C=O) groups excluding carboxylic acids is 1. The molecule has 2 saturated carbocycles. The van der Waals surface area contributed by atoms with E-state index in [1.54, 1.807) is 25.3 Å². The molecule has 3 aromatic carbocycles. The van der Waals surface area contributed by atoms with E-state index in [1.807, 2.05) is 25.1 Å². The molecule has 1 amide bonds. The zero-order valence-corrected chi connectivity index (χ0v) is 39.5. The number of aliphatic hydroxyl groups is 1. The van der Waals surface area contributed by atoms with Crippen molar-refractivity contribution in [3.8, 4) is 17.2 Å². The number of H-pyrrole nitrogens is 1. The molecule has 0 unspecified atom stereocenters. The minimum atomic E-state index is -4.67. The van der Waals surface area contributed by atoms with Gasteiger partial charge < -0.3 is 29.8 Å². The van der Waals surface area contributed by atoms with Crippen molar-refractivity contribution >= 4 is 44.0 Å². The summed E-state index contributed by atoms with van der Waals surface area (Å²) in [7, 11) is -4.67. The molecule has 3 atom stereocenters. The van der Waals surface area contributed by atoms with E-state index in [9.17, 15) is 28.4 Å². The third-order valence-corrected chi connectivity index (χ3v) is 16.9. The largest absolute Gasteiger partial charge is 0.489 e. The topological polar surface area (TPSA) is 192 Å². The predicted octanol–water partition coefficient (Wildman–Crippen LogP) is 9.17. The van der Waals surface area contributed by atoms with E-state index in [0.717, 1.165) is 56.2 Å². The molecule has 4 fully saturated rings. The number of nitro groups is 1. The number of nitro benzene ring substituents is 1. The molecule has 2 aliphatic carbocycles. The lowest BCUT2D eigenvalue weighted by Crippen LogP contribution is -2.63. The number of nitrogens with one attached hydrogen (secondary N) is 3. The average molecular weight is 932 g/mol. The third-order valence-electron chi connectivity index (χ3n) is 15.6. The van der Waals surface area contributed by atoms with Crippen LogP contribution < -0.4 is 24.4 Å².